The van der Waals surface area contributed by atoms with Crippen LogP contribution in [0.4, 0.5) is 5.95 Å². The van der Waals surface area contributed by atoms with E-state index in [2.05, 4.69) is 20.3 Å². The van der Waals surface area contributed by atoms with Crippen molar-refractivity contribution >= 4 is 16.9 Å². The Morgan fingerprint density at radius 2 is 2.25 bits per heavy atom. The highest BCUT2D eigenvalue weighted by Gasteiger charge is 2.17. The molecule has 0 saturated carbocycles. The van der Waals surface area contributed by atoms with Crippen molar-refractivity contribution in [3.8, 4) is 0 Å². The smallest absolute Gasteiger partial charge is 0.259 e. The molecule has 0 bridgehead atoms. The largest absolute Gasteiger partial charge is 0.347 e. The van der Waals surface area contributed by atoms with Gasteiger partial charge >= 0.3 is 0 Å². The Hall–Kier alpha value is -1.95. The summed E-state index contributed by atoms with van der Waals surface area (Å²) >= 11 is 0. The molecule has 0 spiro atoms. The molecule has 6 heteroatoms. The van der Waals surface area contributed by atoms with Crippen molar-refractivity contribution in [3.05, 3.63) is 28.3 Å². The lowest BCUT2D eigenvalue weighted by Gasteiger charge is -2.22. The number of aromatic nitrogens is 3. The SMILES string of the molecule is CN(C)c1ncc2c(=O)[nH]c(C3CCCNC3)cc2n1. The highest BCUT2D eigenvalue weighted by Crippen LogP contribution is 2.22. The molecule has 1 unspecified atom stereocenters. The number of H-pyrrole nitrogens is 1. The van der Waals surface area contributed by atoms with Crippen LogP contribution >= 0.6 is 0 Å². The first kappa shape index (κ1) is 13.1. The molecule has 1 saturated heterocycles. The van der Waals surface area contributed by atoms with Gasteiger partial charge in [-0.05, 0) is 25.5 Å². The van der Waals surface area contributed by atoms with Crippen LogP contribution in [0, 0.1) is 0 Å². The molecule has 1 aliphatic heterocycles. The molecule has 2 aromatic rings. The van der Waals surface area contributed by atoms with Crippen LogP contribution in [0.2, 0.25) is 0 Å². The molecule has 20 heavy (non-hydrogen) atoms. The quantitative estimate of drug-likeness (QED) is 0.848. The predicted molar refractivity (Wildman–Crippen MR) is 79.3 cm³/mol. The molecular formula is C14H19N5O. The van der Waals surface area contributed by atoms with Gasteiger partial charge in [0.05, 0.1) is 10.9 Å². The van der Waals surface area contributed by atoms with E-state index < -0.39 is 0 Å². The van der Waals surface area contributed by atoms with E-state index in [0.717, 1.165) is 31.6 Å². The van der Waals surface area contributed by atoms with Crippen LogP contribution in [0.25, 0.3) is 10.9 Å². The van der Waals surface area contributed by atoms with Gasteiger partial charge in [0.2, 0.25) is 5.95 Å². The van der Waals surface area contributed by atoms with Gasteiger partial charge in [0, 0.05) is 38.4 Å². The summed E-state index contributed by atoms with van der Waals surface area (Å²) in [5.41, 5.74) is 1.58. The minimum absolute atomic E-state index is 0.103. The fourth-order valence-corrected chi connectivity index (χ4v) is 2.60. The zero-order chi connectivity index (χ0) is 14.1. The number of hydrogen-bond donors (Lipinski definition) is 2. The van der Waals surface area contributed by atoms with Crippen molar-refractivity contribution in [1.29, 1.82) is 0 Å². The monoisotopic (exact) mass is 273 g/mol. The normalized spacial score (nSPS) is 19.2. The number of aromatic amines is 1. The van der Waals surface area contributed by atoms with Crippen molar-refractivity contribution in [1.82, 2.24) is 20.3 Å². The number of nitrogens with zero attached hydrogens (tertiary/aromatic N) is 3. The van der Waals surface area contributed by atoms with E-state index in [1.54, 1.807) is 6.20 Å². The molecule has 6 nitrogen and oxygen atoms in total. The average molecular weight is 273 g/mol. The van der Waals surface area contributed by atoms with E-state index in [1.807, 2.05) is 25.1 Å². The number of pyridine rings is 1. The molecule has 1 fully saturated rings. The zero-order valence-electron chi connectivity index (χ0n) is 11.8. The van der Waals surface area contributed by atoms with Crippen LogP contribution < -0.4 is 15.8 Å². The summed E-state index contributed by atoms with van der Waals surface area (Å²) in [6, 6.07) is 1.99. The Balaban J connectivity index is 2.08. The van der Waals surface area contributed by atoms with Crippen molar-refractivity contribution in [3.63, 3.8) is 0 Å². The molecule has 106 valence electrons. The van der Waals surface area contributed by atoms with Crippen LogP contribution in [-0.2, 0) is 0 Å². The fourth-order valence-electron chi connectivity index (χ4n) is 2.60. The summed E-state index contributed by atoms with van der Waals surface area (Å²) in [6.45, 7) is 1.97. The Morgan fingerprint density at radius 1 is 1.40 bits per heavy atom. The summed E-state index contributed by atoms with van der Waals surface area (Å²) in [7, 11) is 3.78. The second kappa shape index (κ2) is 5.20. The van der Waals surface area contributed by atoms with E-state index in [1.165, 1.54) is 0 Å². The number of piperidine rings is 1. The summed E-state index contributed by atoms with van der Waals surface area (Å²) in [5.74, 6) is 0.981. The first-order valence-corrected chi connectivity index (χ1v) is 6.93. The van der Waals surface area contributed by atoms with E-state index in [4.69, 9.17) is 0 Å². The molecule has 2 aromatic heterocycles. The maximum atomic E-state index is 12.2. The number of rotatable bonds is 2. The summed E-state index contributed by atoms with van der Waals surface area (Å²) in [5, 5.41) is 3.91. The minimum atomic E-state index is -0.103. The van der Waals surface area contributed by atoms with Crippen LogP contribution in [0.3, 0.4) is 0 Å². The van der Waals surface area contributed by atoms with Gasteiger partial charge in [-0.25, -0.2) is 9.97 Å². The van der Waals surface area contributed by atoms with Crippen molar-refractivity contribution in [2.45, 2.75) is 18.8 Å². The highest BCUT2D eigenvalue weighted by atomic mass is 16.1. The third-order valence-electron chi connectivity index (χ3n) is 3.74. The van der Waals surface area contributed by atoms with Gasteiger partial charge in [0.1, 0.15) is 0 Å². The Bertz CT molecular complexity index is 673. The Labute approximate surface area is 117 Å². The molecule has 0 radical (unpaired) electrons. The predicted octanol–water partition coefficient (Wildman–Crippen LogP) is 0.851. The maximum Gasteiger partial charge on any atom is 0.259 e. The third-order valence-corrected chi connectivity index (χ3v) is 3.74. The second-order valence-corrected chi connectivity index (χ2v) is 5.46. The van der Waals surface area contributed by atoms with Gasteiger partial charge < -0.3 is 15.2 Å². The molecule has 3 heterocycles. The summed E-state index contributed by atoms with van der Waals surface area (Å²) in [4.78, 5) is 25.6. The summed E-state index contributed by atoms with van der Waals surface area (Å²) in [6.07, 6.45) is 3.83. The van der Waals surface area contributed by atoms with E-state index in [9.17, 15) is 4.79 Å². The van der Waals surface area contributed by atoms with E-state index in [-0.39, 0.29) is 5.56 Å². The summed E-state index contributed by atoms with van der Waals surface area (Å²) < 4.78 is 0. The van der Waals surface area contributed by atoms with Gasteiger partial charge in [-0.1, -0.05) is 0 Å². The highest BCUT2D eigenvalue weighted by molar-refractivity contribution is 5.78. The van der Waals surface area contributed by atoms with Crippen LogP contribution in [0.1, 0.15) is 24.5 Å². The van der Waals surface area contributed by atoms with Crippen molar-refractivity contribution in [2.24, 2.45) is 0 Å². The van der Waals surface area contributed by atoms with Crippen LogP contribution in [-0.4, -0.2) is 42.1 Å². The number of hydrogen-bond acceptors (Lipinski definition) is 5. The Kier molecular flexibility index (Phi) is 3.40. The lowest BCUT2D eigenvalue weighted by Crippen LogP contribution is -2.29. The number of fused-ring (bicyclic) bond motifs is 1. The lowest BCUT2D eigenvalue weighted by molar-refractivity contribution is 0.454. The second-order valence-electron chi connectivity index (χ2n) is 5.46. The van der Waals surface area contributed by atoms with Crippen molar-refractivity contribution < 1.29 is 0 Å². The fraction of sp³-hybridized carbons (Fsp3) is 0.500. The first-order chi connectivity index (χ1) is 9.65. The molecule has 1 atom stereocenters. The lowest BCUT2D eigenvalue weighted by atomic mass is 9.95. The molecule has 0 aromatic carbocycles. The zero-order valence-corrected chi connectivity index (χ0v) is 11.8. The Morgan fingerprint density at radius 3 is 2.95 bits per heavy atom. The molecular weight excluding hydrogens is 254 g/mol. The molecule has 3 rings (SSSR count). The first-order valence-electron chi connectivity index (χ1n) is 6.93. The van der Waals surface area contributed by atoms with Gasteiger partial charge in [-0.3, -0.25) is 4.79 Å². The van der Waals surface area contributed by atoms with Crippen molar-refractivity contribution in [2.75, 3.05) is 32.1 Å². The van der Waals surface area contributed by atoms with Crippen LogP contribution in [0.15, 0.2) is 17.1 Å². The molecule has 0 aliphatic carbocycles. The third kappa shape index (κ3) is 2.38. The average Bonchev–Trinajstić information content (AvgIpc) is 2.47. The standard InChI is InChI=1S/C14H19N5O/c1-19(2)14-16-8-10-12(18-14)6-11(17-13(10)20)9-4-3-5-15-7-9/h6,8-9,15H,3-5,7H2,1-2H3,(H,17,20). The van der Waals surface area contributed by atoms with Gasteiger partial charge in [0.25, 0.3) is 5.56 Å². The molecule has 1 aliphatic rings. The van der Waals surface area contributed by atoms with Gasteiger partial charge in [-0.15, -0.1) is 0 Å². The van der Waals surface area contributed by atoms with E-state index in [0.29, 0.717) is 22.8 Å². The maximum absolute atomic E-state index is 12.2. The van der Waals surface area contributed by atoms with Gasteiger partial charge in [-0.2, -0.15) is 0 Å². The number of nitrogens with one attached hydrogen (secondary N) is 2. The van der Waals surface area contributed by atoms with Gasteiger partial charge in [0.15, 0.2) is 0 Å². The molecule has 0 amide bonds. The topological polar surface area (TPSA) is 73.9 Å². The minimum Gasteiger partial charge on any atom is -0.347 e. The number of anilines is 1. The van der Waals surface area contributed by atoms with Crippen LogP contribution in [0.5, 0.6) is 0 Å². The van der Waals surface area contributed by atoms with E-state index >= 15 is 0 Å². The molecule has 2 N–H and O–H groups in total.